The summed E-state index contributed by atoms with van der Waals surface area (Å²) in [5.74, 6) is 0.799. The van der Waals surface area contributed by atoms with Crippen LogP contribution in [0.25, 0.3) is 0 Å². The van der Waals surface area contributed by atoms with Crippen molar-refractivity contribution in [1.29, 1.82) is 0 Å². The Kier molecular flexibility index (Phi) is 5.44. The van der Waals surface area contributed by atoms with E-state index in [0.717, 1.165) is 25.1 Å². The summed E-state index contributed by atoms with van der Waals surface area (Å²) in [4.78, 5) is 15.3. The van der Waals surface area contributed by atoms with E-state index >= 15 is 0 Å². The van der Waals surface area contributed by atoms with Gasteiger partial charge in [-0.25, -0.2) is 0 Å². The van der Waals surface area contributed by atoms with E-state index in [1.807, 2.05) is 24.3 Å². The van der Waals surface area contributed by atoms with E-state index in [9.17, 15) is 4.79 Å². The minimum atomic E-state index is 0.0252. The Morgan fingerprint density at radius 1 is 1.04 bits per heavy atom. The number of nitrogens with one attached hydrogen (secondary N) is 1. The summed E-state index contributed by atoms with van der Waals surface area (Å²) in [6.07, 6.45) is 5.87. The molecule has 2 heterocycles. The molecule has 0 aliphatic carbocycles. The van der Waals surface area contributed by atoms with Gasteiger partial charge >= 0.3 is 0 Å². The van der Waals surface area contributed by atoms with E-state index in [-0.39, 0.29) is 11.9 Å². The molecule has 0 unspecified atom stereocenters. The minimum Gasteiger partial charge on any atom is -0.497 e. The maximum atomic E-state index is 12.6. The summed E-state index contributed by atoms with van der Waals surface area (Å²) >= 11 is 0. The van der Waals surface area contributed by atoms with Crippen molar-refractivity contribution < 1.29 is 9.53 Å². The number of nitrogens with zero attached hydrogens (tertiary/aromatic N) is 1. The standard InChI is InChI=1S/C23H28N2O2/c1-27-22-12-10-18(11-13-22)23(26)24-19-14-20-8-5-9-21(15-19)25(20)16-17-6-3-2-4-7-17/h2-4,6-7,10-13,19-21H,5,8-9,14-16H2,1H3,(H,24,26)/t20-,21-/m0/s1. The Bertz CT molecular complexity index is 746. The number of piperidine rings is 2. The van der Waals surface area contributed by atoms with Gasteiger partial charge in [0.2, 0.25) is 0 Å². The van der Waals surface area contributed by atoms with Gasteiger partial charge in [-0.3, -0.25) is 9.69 Å². The lowest BCUT2D eigenvalue weighted by Crippen LogP contribution is -2.56. The monoisotopic (exact) mass is 364 g/mol. The Morgan fingerprint density at radius 2 is 1.70 bits per heavy atom. The zero-order valence-electron chi connectivity index (χ0n) is 15.9. The van der Waals surface area contributed by atoms with Crippen molar-refractivity contribution >= 4 is 5.91 Å². The third-order valence-corrected chi connectivity index (χ3v) is 6.02. The fourth-order valence-corrected chi connectivity index (χ4v) is 4.66. The number of ether oxygens (including phenoxy) is 1. The third kappa shape index (κ3) is 4.16. The predicted octanol–water partition coefficient (Wildman–Crippen LogP) is 4.01. The molecule has 2 aliphatic heterocycles. The Labute approximate surface area is 161 Å². The van der Waals surface area contributed by atoms with Crippen molar-refractivity contribution in [3.63, 3.8) is 0 Å². The molecule has 0 saturated carbocycles. The highest BCUT2D eigenvalue weighted by atomic mass is 16.5. The van der Waals surface area contributed by atoms with Crippen LogP contribution in [0, 0.1) is 0 Å². The third-order valence-electron chi connectivity index (χ3n) is 6.02. The lowest BCUT2D eigenvalue weighted by molar-refractivity contribution is 0.0177. The zero-order valence-corrected chi connectivity index (χ0v) is 15.9. The number of carbonyl (C=O) groups is 1. The molecule has 27 heavy (non-hydrogen) atoms. The Hall–Kier alpha value is -2.33. The molecule has 142 valence electrons. The molecule has 2 aliphatic rings. The highest BCUT2D eigenvalue weighted by Gasteiger charge is 2.38. The number of rotatable bonds is 5. The van der Waals surface area contributed by atoms with Crippen LogP contribution in [0.1, 0.15) is 48.0 Å². The van der Waals surface area contributed by atoms with Crippen LogP contribution in [0.5, 0.6) is 5.75 Å². The Morgan fingerprint density at radius 3 is 2.33 bits per heavy atom. The molecule has 1 amide bonds. The number of hydrogen-bond acceptors (Lipinski definition) is 3. The number of carbonyl (C=O) groups excluding carboxylic acids is 1. The van der Waals surface area contributed by atoms with Crippen molar-refractivity contribution in [3.05, 3.63) is 65.7 Å². The molecule has 2 fully saturated rings. The topological polar surface area (TPSA) is 41.6 Å². The quantitative estimate of drug-likeness (QED) is 0.872. The fraction of sp³-hybridized carbons (Fsp3) is 0.435. The smallest absolute Gasteiger partial charge is 0.251 e. The number of methoxy groups -OCH3 is 1. The van der Waals surface area contributed by atoms with E-state index in [4.69, 9.17) is 4.74 Å². The molecular formula is C23H28N2O2. The van der Waals surface area contributed by atoms with Crippen LogP contribution < -0.4 is 10.1 Å². The molecule has 4 nitrogen and oxygen atoms in total. The molecule has 2 aromatic rings. The van der Waals surface area contributed by atoms with Crippen LogP contribution in [0.15, 0.2) is 54.6 Å². The molecule has 1 N–H and O–H groups in total. The second kappa shape index (κ2) is 8.13. The van der Waals surface area contributed by atoms with Crippen molar-refractivity contribution in [2.75, 3.05) is 7.11 Å². The van der Waals surface area contributed by atoms with Gasteiger partial charge in [0.15, 0.2) is 0 Å². The highest BCUT2D eigenvalue weighted by Crippen LogP contribution is 2.35. The van der Waals surface area contributed by atoms with Crippen LogP contribution in [0.2, 0.25) is 0 Å². The molecule has 2 atom stereocenters. The minimum absolute atomic E-state index is 0.0252. The maximum absolute atomic E-state index is 12.6. The summed E-state index contributed by atoms with van der Waals surface area (Å²) in [5.41, 5.74) is 2.09. The second-order valence-corrected chi connectivity index (χ2v) is 7.77. The van der Waals surface area contributed by atoms with Crippen molar-refractivity contribution in [1.82, 2.24) is 10.2 Å². The van der Waals surface area contributed by atoms with Gasteiger partial charge in [0.25, 0.3) is 5.91 Å². The van der Waals surface area contributed by atoms with Crippen LogP contribution in [0.4, 0.5) is 0 Å². The average Bonchev–Trinajstić information content (AvgIpc) is 2.69. The van der Waals surface area contributed by atoms with E-state index < -0.39 is 0 Å². The lowest BCUT2D eigenvalue weighted by Gasteiger charge is -2.49. The van der Waals surface area contributed by atoms with E-state index in [1.165, 1.54) is 24.8 Å². The van der Waals surface area contributed by atoms with Crippen molar-refractivity contribution in [2.24, 2.45) is 0 Å². The summed E-state index contributed by atoms with van der Waals surface area (Å²) in [6.45, 7) is 1.02. The highest BCUT2D eigenvalue weighted by molar-refractivity contribution is 5.94. The van der Waals surface area contributed by atoms with Crippen LogP contribution in [-0.4, -0.2) is 36.0 Å². The zero-order chi connectivity index (χ0) is 18.6. The maximum Gasteiger partial charge on any atom is 0.251 e. The molecule has 0 radical (unpaired) electrons. The summed E-state index contributed by atoms with van der Waals surface area (Å²) in [7, 11) is 1.64. The number of amides is 1. The van der Waals surface area contributed by atoms with Crippen LogP contribution in [0.3, 0.4) is 0 Å². The Balaban J connectivity index is 1.39. The van der Waals surface area contributed by atoms with Gasteiger partial charge in [0.1, 0.15) is 5.75 Å². The molecule has 2 saturated heterocycles. The average molecular weight is 364 g/mol. The molecule has 2 bridgehead atoms. The summed E-state index contributed by atoms with van der Waals surface area (Å²) in [5, 5.41) is 3.28. The van der Waals surface area contributed by atoms with Gasteiger partial charge in [-0.2, -0.15) is 0 Å². The molecule has 0 aromatic heterocycles. The SMILES string of the molecule is COc1ccc(C(=O)NC2C[C@@H]3CCC[C@@H](C2)N3Cc2ccccc2)cc1. The first kappa shape index (κ1) is 18.1. The lowest BCUT2D eigenvalue weighted by atomic mass is 9.81. The first-order chi connectivity index (χ1) is 13.2. The normalized spacial score (nSPS) is 25.0. The van der Waals surface area contributed by atoms with Crippen molar-refractivity contribution in [3.8, 4) is 5.75 Å². The first-order valence-electron chi connectivity index (χ1n) is 9.97. The van der Waals surface area contributed by atoms with Crippen molar-refractivity contribution in [2.45, 2.75) is 56.8 Å². The fourth-order valence-electron chi connectivity index (χ4n) is 4.66. The second-order valence-electron chi connectivity index (χ2n) is 7.77. The summed E-state index contributed by atoms with van der Waals surface area (Å²) in [6, 6.07) is 19.5. The van der Waals surface area contributed by atoms with Gasteiger partial charge in [-0.05, 0) is 55.5 Å². The van der Waals surface area contributed by atoms with Crippen LogP contribution in [-0.2, 0) is 6.54 Å². The van der Waals surface area contributed by atoms with Gasteiger partial charge in [0, 0.05) is 30.2 Å². The van der Waals surface area contributed by atoms with E-state index in [1.54, 1.807) is 7.11 Å². The van der Waals surface area contributed by atoms with Crippen LogP contribution >= 0.6 is 0 Å². The number of hydrogen-bond donors (Lipinski definition) is 1. The van der Waals surface area contributed by atoms with E-state index in [0.29, 0.717) is 17.6 Å². The molecule has 4 rings (SSSR count). The largest absolute Gasteiger partial charge is 0.497 e. The van der Waals surface area contributed by atoms with Gasteiger partial charge < -0.3 is 10.1 Å². The molecule has 2 aromatic carbocycles. The molecule has 0 spiro atoms. The summed E-state index contributed by atoms with van der Waals surface area (Å²) < 4.78 is 5.17. The number of fused-ring (bicyclic) bond motifs is 2. The first-order valence-corrected chi connectivity index (χ1v) is 9.97. The number of benzene rings is 2. The molecular weight excluding hydrogens is 336 g/mol. The predicted molar refractivity (Wildman–Crippen MR) is 107 cm³/mol. The van der Waals surface area contributed by atoms with Gasteiger partial charge in [-0.1, -0.05) is 36.8 Å². The van der Waals surface area contributed by atoms with E-state index in [2.05, 4.69) is 40.5 Å². The van der Waals surface area contributed by atoms with Gasteiger partial charge in [0.05, 0.1) is 7.11 Å². The van der Waals surface area contributed by atoms with Gasteiger partial charge in [-0.15, -0.1) is 0 Å². The molecule has 4 heteroatoms.